The van der Waals surface area contributed by atoms with Gasteiger partial charge in [-0.05, 0) is 49.1 Å². The smallest absolute Gasteiger partial charge is 0.419 e. The van der Waals surface area contributed by atoms with Gasteiger partial charge in [-0.25, -0.2) is 9.98 Å². The fraction of sp³-hybridized carbons (Fsp3) is 0.458. The van der Waals surface area contributed by atoms with Gasteiger partial charge in [-0.1, -0.05) is 12.1 Å². The van der Waals surface area contributed by atoms with E-state index >= 15 is 0 Å². The Bertz CT molecular complexity index is 1070. The third-order valence-corrected chi connectivity index (χ3v) is 6.13. The number of anilines is 1. The molecule has 0 amide bonds. The molecule has 35 heavy (non-hydrogen) atoms. The fourth-order valence-corrected chi connectivity index (χ4v) is 4.34. The summed E-state index contributed by atoms with van der Waals surface area (Å²) in [7, 11) is 0. The predicted octanol–water partition coefficient (Wildman–Crippen LogP) is 3.28. The third-order valence-electron chi connectivity index (χ3n) is 6.13. The van der Waals surface area contributed by atoms with Crippen molar-refractivity contribution in [3.63, 3.8) is 0 Å². The van der Waals surface area contributed by atoms with Gasteiger partial charge >= 0.3 is 6.18 Å². The van der Waals surface area contributed by atoms with E-state index in [0.29, 0.717) is 51.1 Å². The first-order valence-electron chi connectivity index (χ1n) is 11.7. The normalized spacial score (nSPS) is 18.2. The molecule has 0 bridgehead atoms. The van der Waals surface area contributed by atoms with Crippen LogP contribution < -0.4 is 10.6 Å². The fourth-order valence-electron chi connectivity index (χ4n) is 4.34. The Balaban J connectivity index is 1.49. The molecule has 2 aliphatic rings. The maximum atomic E-state index is 13.5. The highest BCUT2D eigenvalue weighted by atomic mass is 19.4. The Morgan fingerprint density at radius 1 is 0.971 bits per heavy atom. The van der Waals surface area contributed by atoms with E-state index < -0.39 is 11.7 Å². The lowest BCUT2D eigenvalue weighted by atomic mass is 10.2. The van der Waals surface area contributed by atoms with Gasteiger partial charge in [0, 0.05) is 45.5 Å². The number of halogens is 3. The molecule has 0 radical (unpaired) electrons. The summed E-state index contributed by atoms with van der Waals surface area (Å²) in [5.41, 5.74) is 6.50. The number of aromatic nitrogens is 1. The van der Waals surface area contributed by atoms with E-state index in [2.05, 4.69) is 19.9 Å². The van der Waals surface area contributed by atoms with Crippen molar-refractivity contribution in [1.82, 2.24) is 14.8 Å². The van der Waals surface area contributed by atoms with E-state index in [4.69, 9.17) is 5.73 Å². The van der Waals surface area contributed by atoms with Crippen molar-refractivity contribution in [1.29, 1.82) is 0 Å². The molecule has 2 saturated heterocycles. The van der Waals surface area contributed by atoms with E-state index in [1.807, 2.05) is 11.0 Å². The number of rotatable bonds is 3. The van der Waals surface area contributed by atoms with E-state index in [1.165, 1.54) is 12.3 Å². The number of nitrogens with two attached hydrogens (primary N) is 1. The highest BCUT2D eigenvalue weighted by Crippen LogP contribution is 2.35. The summed E-state index contributed by atoms with van der Waals surface area (Å²) in [6, 6.07) is 9.28. The summed E-state index contributed by atoms with van der Waals surface area (Å²) in [5, 5.41) is 9.71. The molecule has 1 aromatic carbocycles. The molecular formula is C24H30F3N7O. The topological polar surface area (TPSA) is 93.6 Å². The Kier molecular flexibility index (Phi) is 7.62. The summed E-state index contributed by atoms with van der Waals surface area (Å²) >= 11 is 0. The van der Waals surface area contributed by atoms with E-state index in [-0.39, 0.29) is 11.6 Å². The van der Waals surface area contributed by atoms with Crippen LogP contribution in [0.15, 0.2) is 52.6 Å². The zero-order valence-electron chi connectivity index (χ0n) is 19.5. The lowest BCUT2D eigenvalue weighted by Crippen LogP contribution is -2.42. The first-order chi connectivity index (χ1) is 16.8. The minimum atomic E-state index is -4.47. The molecule has 2 aliphatic heterocycles. The van der Waals surface area contributed by atoms with Gasteiger partial charge in [-0.2, -0.15) is 18.2 Å². The zero-order valence-corrected chi connectivity index (χ0v) is 19.5. The number of aliphatic imine (C=N–C) groups is 2. The molecule has 3 heterocycles. The van der Waals surface area contributed by atoms with Gasteiger partial charge in [-0.15, -0.1) is 0 Å². The van der Waals surface area contributed by atoms with Crippen molar-refractivity contribution < 1.29 is 18.3 Å². The number of hydrogen-bond acceptors (Lipinski definition) is 4. The number of hydrogen-bond donors (Lipinski definition) is 2. The van der Waals surface area contributed by atoms with E-state index in [1.54, 1.807) is 23.1 Å². The highest BCUT2D eigenvalue weighted by Gasteiger charge is 2.36. The molecule has 0 aliphatic carbocycles. The maximum absolute atomic E-state index is 13.5. The van der Waals surface area contributed by atoms with E-state index in [9.17, 15) is 18.3 Å². The van der Waals surface area contributed by atoms with Crippen molar-refractivity contribution in [2.75, 3.05) is 44.2 Å². The number of phenolic OH excluding ortho intramolecular Hbond substituents is 1. The summed E-state index contributed by atoms with van der Waals surface area (Å²) in [4.78, 5) is 19.0. The first kappa shape index (κ1) is 24.6. The molecular weight excluding hydrogens is 459 g/mol. The molecule has 2 fully saturated rings. The van der Waals surface area contributed by atoms with Crippen LogP contribution >= 0.6 is 0 Å². The molecule has 8 nitrogen and oxygen atoms in total. The van der Waals surface area contributed by atoms with Crippen molar-refractivity contribution in [3.05, 3.63) is 53.7 Å². The van der Waals surface area contributed by atoms with E-state index in [0.717, 1.165) is 37.6 Å². The number of benzene rings is 1. The number of aromatic hydroxyl groups is 1. The first-order valence-corrected chi connectivity index (χ1v) is 11.7. The van der Waals surface area contributed by atoms with Crippen molar-refractivity contribution in [2.45, 2.75) is 32.0 Å². The number of guanidine groups is 2. The monoisotopic (exact) mass is 489 g/mol. The second-order valence-electron chi connectivity index (χ2n) is 8.65. The molecule has 0 atom stereocenters. The standard InChI is InChI=1S/C24H30F3N7O/c25-24(26,27)20-8-4-9-29-21(20)32-12-5-13-33(15-14-32)22(28)31-23(34-10-1-2-11-34)30-17-18-6-3-7-19(35)16-18/h3-4,6-9,16,35H,1-2,5,10-15,17H2,(H2,28,30,31). The Morgan fingerprint density at radius 2 is 1.74 bits per heavy atom. The average Bonchev–Trinajstić information content (AvgIpc) is 3.25. The third kappa shape index (κ3) is 6.34. The minimum Gasteiger partial charge on any atom is -0.508 e. The lowest BCUT2D eigenvalue weighted by Gasteiger charge is -2.26. The second kappa shape index (κ2) is 10.8. The molecule has 0 saturated carbocycles. The molecule has 11 heteroatoms. The molecule has 4 rings (SSSR count). The predicted molar refractivity (Wildman–Crippen MR) is 129 cm³/mol. The van der Waals surface area contributed by atoms with Crippen LogP contribution in [0.2, 0.25) is 0 Å². The van der Waals surface area contributed by atoms with Crippen molar-refractivity contribution in [2.24, 2.45) is 15.7 Å². The van der Waals surface area contributed by atoms with Gasteiger partial charge in [-0.3, -0.25) is 0 Å². The Hall–Kier alpha value is -3.50. The van der Waals surface area contributed by atoms with Crippen molar-refractivity contribution >= 4 is 17.7 Å². The average molecular weight is 490 g/mol. The SMILES string of the molecule is N/C(=N\C(=NCc1cccc(O)c1)N1CCCC1)N1CCCN(c2ncccc2C(F)(F)F)CC1. The molecule has 1 aromatic heterocycles. The van der Waals surface area contributed by atoms with Crippen LogP contribution in [-0.2, 0) is 12.7 Å². The highest BCUT2D eigenvalue weighted by molar-refractivity contribution is 5.94. The number of phenols is 1. The second-order valence-corrected chi connectivity index (χ2v) is 8.65. The Labute approximate surface area is 202 Å². The molecule has 3 N–H and O–H groups in total. The number of nitrogens with zero attached hydrogens (tertiary/aromatic N) is 6. The van der Waals surface area contributed by atoms with Crippen LogP contribution in [0.5, 0.6) is 5.75 Å². The molecule has 188 valence electrons. The van der Waals surface area contributed by atoms with Gasteiger partial charge in [0.05, 0.1) is 12.1 Å². The van der Waals surface area contributed by atoms with Gasteiger partial charge in [0.2, 0.25) is 5.96 Å². The maximum Gasteiger partial charge on any atom is 0.419 e. The van der Waals surface area contributed by atoms with Gasteiger partial charge in [0.25, 0.3) is 0 Å². The zero-order chi connectivity index (χ0) is 24.8. The minimum absolute atomic E-state index is 0.0530. The van der Waals surface area contributed by atoms with Gasteiger partial charge < -0.3 is 25.5 Å². The van der Waals surface area contributed by atoms with Crippen LogP contribution in [0.4, 0.5) is 19.0 Å². The Morgan fingerprint density at radius 3 is 2.49 bits per heavy atom. The summed E-state index contributed by atoms with van der Waals surface area (Å²) in [6.45, 7) is 3.80. The van der Waals surface area contributed by atoms with Crippen LogP contribution in [-0.4, -0.2) is 71.1 Å². The van der Waals surface area contributed by atoms with Crippen LogP contribution in [0, 0.1) is 0 Å². The lowest BCUT2D eigenvalue weighted by molar-refractivity contribution is -0.137. The van der Waals surface area contributed by atoms with Crippen molar-refractivity contribution in [3.8, 4) is 5.75 Å². The quantitative estimate of drug-likeness (QED) is 0.508. The van der Waals surface area contributed by atoms with Crippen LogP contribution in [0.1, 0.15) is 30.4 Å². The number of pyridine rings is 1. The number of likely N-dealkylation sites (tertiary alicyclic amines) is 1. The molecule has 0 unspecified atom stereocenters. The number of alkyl halides is 3. The summed E-state index contributed by atoms with van der Waals surface area (Å²) in [6.07, 6.45) is -0.375. The summed E-state index contributed by atoms with van der Waals surface area (Å²) in [5.74, 6) is 0.959. The summed E-state index contributed by atoms with van der Waals surface area (Å²) < 4.78 is 40.4. The van der Waals surface area contributed by atoms with Crippen LogP contribution in [0.25, 0.3) is 0 Å². The largest absolute Gasteiger partial charge is 0.508 e. The molecule has 0 spiro atoms. The van der Waals surface area contributed by atoms with Gasteiger partial charge in [0.1, 0.15) is 11.6 Å². The van der Waals surface area contributed by atoms with Gasteiger partial charge in [0.15, 0.2) is 5.96 Å². The molecule has 2 aromatic rings. The van der Waals surface area contributed by atoms with Crippen LogP contribution in [0.3, 0.4) is 0 Å².